The fourth-order valence-electron chi connectivity index (χ4n) is 7.64. The van der Waals surface area contributed by atoms with Crippen LogP contribution in [0.25, 0.3) is 0 Å². The predicted octanol–water partition coefficient (Wildman–Crippen LogP) is 15.6. The highest BCUT2D eigenvalue weighted by Crippen LogP contribution is 2.43. The Morgan fingerprint density at radius 1 is 0.547 bits per heavy atom. The molecular weight excluding hydrogens is 820 g/mol. The van der Waals surface area contributed by atoms with Gasteiger partial charge in [0.05, 0.1) is 33.8 Å². The third kappa shape index (κ3) is 45.4. The number of nitrogens with zero attached hydrogens (tertiary/aromatic N) is 1. The predicted molar refractivity (Wildman–Crippen MR) is 272 cm³/mol. The van der Waals surface area contributed by atoms with E-state index in [2.05, 4.69) is 50.4 Å². The van der Waals surface area contributed by atoms with Gasteiger partial charge < -0.3 is 19.4 Å². The standard InChI is InChI=1S/C54H103N2O7P/c1-7-10-13-16-19-22-25-27-28-29-32-35-38-41-44-47-54(58)63-52(45-42-39-36-33-31-26-23-20-17-14-11-8-2)51(50-62-64(59,60)61-49-48-56(4,5)6)55-53(57)46-43-40-37-34-30-24-21-18-15-12-9-3/h19,22,25,27,42,45,51-52H,7-18,20-21,23-24,26,28-41,43-44,46-50H2,1-6H3,(H-,55,57,59,60)/p+1/b22-19+,27-25+,45-42+. The largest absolute Gasteiger partial charge is 0.472 e. The van der Waals surface area contributed by atoms with Crippen LogP contribution in [0.3, 0.4) is 0 Å². The Hall–Kier alpha value is -1.77. The Labute approximate surface area is 396 Å². The molecule has 9 nitrogen and oxygen atoms in total. The van der Waals surface area contributed by atoms with Gasteiger partial charge in [-0.2, -0.15) is 0 Å². The maximum atomic E-state index is 13.4. The Morgan fingerprint density at radius 3 is 1.41 bits per heavy atom. The third-order valence-electron chi connectivity index (χ3n) is 11.9. The van der Waals surface area contributed by atoms with Crippen molar-refractivity contribution in [2.45, 2.75) is 258 Å². The van der Waals surface area contributed by atoms with Gasteiger partial charge in [-0.3, -0.25) is 18.6 Å². The number of carbonyl (C=O) groups excluding carboxylic acids is 2. The smallest absolute Gasteiger partial charge is 0.456 e. The van der Waals surface area contributed by atoms with Crippen LogP contribution in [0.15, 0.2) is 36.5 Å². The molecule has 10 heteroatoms. The number of phosphoric acid groups is 1. The number of quaternary nitrogens is 1. The summed E-state index contributed by atoms with van der Waals surface area (Å²) in [5, 5.41) is 3.03. The number of esters is 1. The van der Waals surface area contributed by atoms with Crippen LogP contribution in [0, 0.1) is 0 Å². The SMILES string of the molecule is CCCCC/C=C/C=C/CCCCCCCCC(=O)OC(/C=C/CCCCCCCCCCCC)C(COP(=O)(O)OCC[N+](C)(C)C)NC(=O)CCCCCCCCCCCCC. The van der Waals surface area contributed by atoms with E-state index < -0.39 is 20.0 Å². The molecule has 0 aromatic carbocycles. The number of nitrogens with one attached hydrogen (secondary N) is 1. The molecule has 0 aliphatic rings. The molecule has 376 valence electrons. The van der Waals surface area contributed by atoms with Crippen LogP contribution in [0.5, 0.6) is 0 Å². The number of phosphoric ester groups is 1. The molecule has 0 heterocycles. The van der Waals surface area contributed by atoms with Gasteiger partial charge in [-0.15, -0.1) is 0 Å². The van der Waals surface area contributed by atoms with Crippen molar-refractivity contribution >= 4 is 19.7 Å². The lowest BCUT2D eigenvalue weighted by Crippen LogP contribution is -2.47. The summed E-state index contributed by atoms with van der Waals surface area (Å²) in [5.41, 5.74) is 0. The van der Waals surface area contributed by atoms with Crippen molar-refractivity contribution in [3.8, 4) is 0 Å². The summed E-state index contributed by atoms with van der Waals surface area (Å²) >= 11 is 0. The summed E-state index contributed by atoms with van der Waals surface area (Å²) in [6.07, 6.45) is 51.3. The number of hydrogen-bond acceptors (Lipinski definition) is 6. The summed E-state index contributed by atoms with van der Waals surface area (Å²) < 4.78 is 30.5. The number of rotatable bonds is 48. The van der Waals surface area contributed by atoms with Crippen LogP contribution in [0.2, 0.25) is 0 Å². The van der Waals surface area contributed by atoms with Gasteiger partial charge in [0.1, 0.15) is 19.3 Å². The van der Waals surface area contributed by atoms with Gasteiger partial charge in [0.15, 0.2) is 0 Å². The lowest BCUT2D eigenvalue weighted by Gasteiger charge is -2.27. The first kappa shape index (κ1) is 62.2. The second-order valence-electron chi connectivity index (χ2n) is 19.4. The molecule has 64 heavy (non-hydrogen) atoms. The number of ether oxygens (including phenoxy) is 1. The molecule has 0 radical (unpaired) electrons. The summed E-state index contributed by atoms with van der Waals surface area (Å²) in [7, 11) is 1.49. The van der Waals surface area contributed by atoms with Crippen molar-refractivity contribution in [3.05, 3.63) is 36.5 Å². The monoisotopic (exact) mass is 924 g/mol. The van der Waals surface area contributed by atoms with Crippen molar-refractivity contribution in [3.63, 3.8) is 0 Å². The number of hydrogen-bond donors (Lipinski definition) is 2. The lowest BCUT2D eigenvalue weighted by atomic mass is 10.0. The zero-order chi connectivity index (χ0) is 47.3. The van der Waals surface area contributed by atoms with Gasteiger partial charge in [0.25, 0.3) is 0 Å². The molecule has 0 rings (SSSR count). The van der Waals surface area contributed by atoms with Crippen LogP contribution < -0.4 is 5.32 Å². The molecule has 0 fully saturated rings. The summed E-state index contributed by atoms with van der Waals surface area (Å²) in [6.45, 7) is 6.96. The van der Waals surface area contributed by atoms with Gasteiger partial charge in [0, 0.05) is 12.8 Å². The van der Waals surface area contributed by atoms with Crippen LogP contribution in [0.1, 0.15) is 245 Å². The van der Waals surface area contributed by atoms with Crippen molar-refractivity contribution in [1.82, 2.24) is 5.32 Å². The van der Waals surface area contributed by atoms with Crippen molar-refractivity contribution < 1.29 is 37.3 Å². The van der Waals surface area contributed by atoms with Gasteiger partial charge in [-0.05, 0) is 57.4 Å². The van der Waals surface area contributed by atoms with Gasteiger partial charge >= 0.3 is 13.8 Å². The summed E-state index contributed by atoms with van der Waals surface area (Å²) in [4.78, 5) is 37.4. The molecule has 1 amide bonds. The Kier molecular flexibility index (Phi) is 43.8. The Morgan fingerprint density at radius 2 is 0.938 bits per heavy atom. The van der Waals surface area contributed by atoms with E-state index in [-0.39, 0.29) is 31.5 Å². The minimum atomic E-state index is -4.44. The van der Waals surface area contributed by atoms with Gasteiger partial charge in [0.2, 0.25) is 5.91 Å². The summed E-state index contributed by atoms with van der Waals surface area (Å²) in [6, 6.07) is -0.846. The van der Waals surface area contributed by atoms with E-state index in [0.717, 1.165) is 77.0 Å². The third-order valence-corrected chi connectivity index (χ3v) is 12.8. The Bertz CT molecular complexity index is 1200. The van der Waals surface area contributed by atoms with Crippen molar-refractivity contribution in [2.24, 2.45) is 0 Å². The average molecular weight is 924 g/mol. The Balaban J connectivity index is 5.42. The van der Waals surface area contributed by atoms with Crippen LogP contribution >= 0.6 is 7.82 Å². The van der Waals surface area contributed by atoms with E-state index >= 15 is 0 Å². The normalized spacial score (nSPS) is 14.2. The molecule has 0 saturated carbocycles. The van der Waals surface area contributed by atoms with E-state index in [1.54, 1.807) is 0 Å². The highest BCUT2D eigenvalue weighted by atomic mass is 31.2. The van der Waals surface area contributed by atoms with E-state index in [1.807, 2.05) is 33.3 Å². The highest BCUT2D eigenvalue weighted by molar-refractivity contribution is 7.47. The molecule has 3 unspecified atom stereocenters. The van der Waals surface area contributed by atoms with E-state index in [4.69, 9.17) is 13.8 Å². The van der Waals surface area contributed by atoms with Crippen molar-refractivity contribution in [1.29, 1.82) is 0 Å². The van der Waals surface area contributed by atoms with E-state index in [9.17, 15) is 19.0 Å². The molecule has 0 saturated heterocycles. The van der Waals surface area contributed by atoms with Crippen molar-refractivity contribution in [2.75, 3.05) is 40.9 Å². The van der Waals surface area contributed by atoms with E-state index in [1.165, 1.54) is 135 Å². The number of likely N-dealkylation sites (N-methyl/N-ethyl adjacent to an activating group) is 1. The molecule has 3 atom stereocenters. The zero-order valence-electron chi connectivity index (χ0n) is 42.8. The minimum absolute atomic E-state index is 0.0399. The first-order valence-electron chi connectivity index (χ1n) is 26.8. The maximum absolute atomic E-state index is 13.4. The zero-order valence-corrected chi connectivity index (χ0v) is 43.7. The molecule has 0 aliphatic heterocycles. The molecule has 0 bridgehead atoms. The number of amides is 1. The second kappa shape index (κ2) is 45.0. The average Bonchev–Trinajstić information content (AvgIpc) is 3.25. The van der Waals surface area contributed by atoms with Crippen LogP contribution in [-0.4, -0.2) is 74.3 Å². The molecule has 0 aromatic heterocycles. The second-order valence-corrected chi connectivity index (χ2v) is 20.9. The topological polar surface area (TPSA) is 111 Å². The summed E-state index contributed by atoms with van der Waals surface area (Å²) in [5.74, 6) is -0.515. The fourth-order valence-corrected chi connectivity index (χ4v) is 8.37. The lowest BCUT2D eigenvalue weighted by molar-refractivity contribution is -0.870. The molecule has 0 aliphatic carbocycles. The van der Waals surface area contributed by atoms with Crippen LogP contribution in [0.4, 0.5) is 0 Å². The molecule has 0 spiro atoms. The van der Waals surface area contributed by atoms with Crippen LogP contribution in [-0.2, 0) is 27.9 Å². The first-order valence-corrected chi connectivity index (χ1v) is 28.3. The fraction of sp³-hybridized carbons (Fsp3) is 0.852. The first-order chi connectivity index (χ1) is 30.9. The quantitative estimate of drug-likeness (QED) is 0.0156. The molecule has 0 aromatic rings. The molecule has 2 N–H and O–H groups in total. The number of allylic oxidation sites excluding steroid dienone is 5. The van der Waals surface area contributed by atoms with E-state index in [0.29, 0.717) is 17.4 Å². The number of unbranched alkanes of at least 4 members (excludes halogenated alkanes) is 29. The van der Waals surface area contributed by atoms with Gasteiger partial charge in [-0.25, -0.2) is 4.57 Å². The van der Waals surface area contributed by atoms with Gasteiger partial charge in [-0.1, -0.05) is 212 Å². The molecular formula is C54H104N2O7P+. The maximum Gasteiger partial charge on any atom is 0.472 e. The minimum Gasteiger partial charge on any atom is -0.456 e. The number of carbonyl (C=O) groups is 2. The highest BCUT2D eigenvalue weighted by Gasteiger charge is 2.30.